The number of hydrogen-bond acceptors (Lipinski definition) is 3. The van der Waals surface area contributed by atoms with Gasteiger partial charge in [0.15, 0.2) is 17.4 Å². The third kappa shape index (κ3) is 3.42. The van der Waals surface area contributed by atoms with Crippen LogP contribution in [0.4, 0.5) is 8.78 Å². The lowest BCUT2D eigenvalue weighted by Crippen LogP contribution is -2.20. The predicted molar refractivity (Wildman–Crippen MR) is 110 cm³/mol. The van der Waals surface area contributed by atoms with E-state index in [4.69, 9.17) is 23.2 Å². The van der Waals surface area contributed by atoms with Crippen LogP contribution < -0.4 is 0 Å². The van der Waals surface area contributed by atoms with Crippen molar-refractivity contribution < 1.29 is 28.6 Å². The van der Waals surface area contributed by atoms with E-state index in [-0.39, 0.29) is 37.8 Å². The van der Waals surface area contributed by atoms with Gasteiger partial charge in [0.05, 0.1) is 21.5 Å². The molecule has 1 unspecified atom stereocenters. The van der Waals surface area contributed by atoms with Gasteiger partial charge in [0.1, 0.15) is 0 Å². The topological polar surface area (TPSA) is 79.5 Å². The van der Waals surface area contributed by atoms with E-state index in [9.17, 15) is 28.6 Å². The molecule has 9 heteroatoms. The van der Waals surface area contributed by atoms with Crippen LogP contribution in [-0.2, 0) is 4.79 Å². The minimum atomic E-state index is -1.32. The summed E-state index contributed by atoms with van der Waals surface area (Å²) in [7, 11) is 0. The number of carbonyl (C=O) groups is 2. The Hall–Kier alpha value is -2.64. The van der Waals surface area contributed by atoms with Crippen molar-refractivity contribution in [2.24, 2.45) is 5.92 Å². The lowest BCUT2D eigenvalue weighted by Gasteiger charge is -2.17. The largest absolute Gasteiger partial charge is 0.503 e. The molecule has 3 rings (SSSR count). The van der Waals surface area contributed by atoms with Gasteiger partial charge in [-0.05, 0) is 36.6 Å². The third-order valence-corrected chi connectivity index (χ3v) is 5.76. The van der Waals surface area contributed by atoms with Crippen molar-refractivity contribution in [3.05, 3.63) is 62.8 Å². The number of aromatic hydroxyl groups is 1. The molecule has 0 aliphatic heterocycles. The Kier molecular flexibility index (Phi) is 5.80. The molecule has 0 saturated heterocycles. The highest BCUT2D eigenvalue weighted by atomic mass is 35.5. The summed E-state index contributed by atoms with van der Waals surface area (Å²) in [5, 5.41) is 19.5. The van der Waals surface area contributed by atoms with E-state index < -0.39 is 41.1 Å². The molecule has 0 radical (unpaired) electrons. The van der Waals surface area contributed by atoms with Crippen molar-refractivity contribution in [1.82, 2.24) is 4.57 Å². The number of carboxylic acid groups (broad SMARTS) is 1. The molecular weight excluding hydrogens is 439 g/mol. The number of rotatable bonds is 4. The molecule has 0 aliphatic carbocycles. The summed E-state index contributed by atoms with van der Waals surface area (Å²) in [6, 6.07) is 4.91. The van der Waals surface area contributed by atoms with Crippen LogP contribution in [0.5, 0.6) is 5.75 Å². The van der Waals surface area contributed by atoms with Crippen LogP contribution in [0.15, 0.2) is 24.3 Å². The molecule has 1 aromatic heterocycles. The number of phenols is 1. The van der Waals surface area contributed by atoms with Crippen LogP contribution >= 0.6 is 23.2 Å². The van der Waals surface area contributed by atoms with Gasteiger partial charge in [-0.25, -0.2) is 8.78 Å². The van der Waals surface area contributed by atoms with Crippen LogP contribution in [0, 0.1) is 24.5 Å². The van der Waals surface area contributed by atoms with Gasteiger partial charge in [0, 0.05) is 22.7 Å². The number of halogens is 4. The Balaban J connectivity index is 2.43. The summed E-state index contributed by atoms with van der Waals surface area (Å²) in [5.74, 6) is -7.44. The number of benzene rings is 2. The highest BCUT2D eigenvalue weighted by Crippen LogP contribution is 2.41. The molecule has 0 bridgehead atoms. The molecule has 30 heavy (non-hydrogen) atoms. The summed E-state index contributed by atoms with van der Waals surface area (Å²) in [6.07, 6.45) is 0. The molecule has 2 N–H and O–H groups in total. The SMILES string of the molecule is Cc1c(C(C(=O)O)C(C)C)c2c(F)c(O)c(F)cc2n1C(=O)c1ccc(Cl)c(Cl)c1. The van der Waals surface area contributed by atoms with E-state index in [2.05, 4.69) is 0 Å². The molecule has 5 nitrogen and oxygen atoms in total. The first-order valence-corrected chi connectivity index (χ1v) is 9.67. The molecule has 158 valence electrons. The molecule has 0 fully saturated rings. The van der Waals surface area contributed by atoms with Gasteiger partial charge in [0.2, 0.25) is 0 Å². The standard InChI is InChI=1S/C21H17Cl2F2NO4/c1-8(2)15(21(29)30)16-9(3)26(14-7-13(24)19(27)18(25)17(14)16)20(28)10-4-5-11(22)12(23)6-10/h4-8,15,27H,1-3H3,(H,29,30). The highest BCUT2D eigenvalue weighted by molar-refractivity contribution is 6.42. The molecule has 0 spiro atoms. The maximum Gasteiger partial charge on any atom is 0.311 e. The van der Waals surface area contributed by atoms with Crippen molar-refractivity contribution in [2.75, 3.05) is 0 Å². The van der Waals surface area contributed by atoms with Crippen LogP contribution in [0.2, 0.25) is 10.0 Å². The van der Waals surface area contributed by atoms with Crippen molar-refractivity contribution in [2.45, 2.75) is 26.7 Å². The lowest BCUT2D eigenvalue weighted by atomic mass is 9.86. The zero-order chi connectivity index (χ0) is 22.5. The first-order chi connectivity index (χ1) is 14.0. The van der Waals surface area contributed by atoms with Gasteiger partial charge in [-0.15, -0.1) is 0 Å². The Labute approximate surface area is 180 Å². The summed E-state index contributed by atoms with van der Waals surface area (Å²) in [4.78, 5) is 25.2. The van der Waals surface area contributed by atoms with E-state index in [1.165, 1.54) is 25.1 Å². The highest BCUT2D eigenvalue weighted by Gasteiger charge is 2.34. The Morgan fingerprint density at radius 2 is 1.73 bits per heavy atom. The Bertz CT molecular complexity index is 1200. The average molecular weight is 456 g/mol. The second kappa shape index (κ2) is 7.89. The van der Waals surface area contributed by atoms with Crippen LogP contribution in [-0.4, -0.2) is 26.7 Å². The number of fused-ring (bicyclic) bond motifs is 1. The molecule has 2 aromatic carbocycles. The summed E-state index contributed by atoms with van der Waals surface area (Å²) in [5.41, 5.74) is -0.000631. The zero-order valence-electron chi connectivity index (χ0n) is 16.1. The maximum atomic E-state index is 14.9. The zero-order valence-corrected chi connectivity index (χ0v) is 17.6. The van der Waals surface area contributed by atoms with Gasteiger partial charge in [-0.3, -0.25) is 14.2 Å². The van der Waals surface area contributed by atoms with Crippen molar-refractivity contribution in [3.63, 3.8) is 0 Å². The van der Waals surface area contributed by atoms with Gasteiger partial charge >= 0.3 is 5.97 Å². The van der Waals surface area contributed by atoms with Gasteiger partial charge < -0.3 is 10.2 Å². The van der Waals surface area contributed by atoms with Crippen molar-refractivity contribution in [1.29, 1.82) is 0 Å². The molecule has 3 aromatic rings. The van der Waals surface area contributed by atoms with Crippen LogP contribution in [0.25, 0.3) is 10.9 Å². The van der Waals surface area contributed by atoms with Crippen LogP contribution in [0.1, 0.15) is 41.4 Å². The maximum absolute atomic E-state index is 14.9. The fraction of sp³-hybridized carbons (Fsp3) is 0.238. The Morgan fingerprint density at radius 1 is 1.10 bits per heavy atom. The smallest absolute Gasteiger partial charge is 0.311 e. The second-order valence-electron chi connectivity index (χ2n) is 7.24. The summed E-state index contributed by atoms with van der Waals surface area (Å²) in [6.45, 7) is 4.70. The van der Waals surface area contributed by atoms with E-state index in [0.717, 1.165) is 10.6 Å². The molecule has 0 amide bonds. The second-order valence-corrected chi connectivity index (χ2v) is 8.06. The van der Waals surface area contributed by atoms with E-state index in [0.29, 0.717) is 0 Å². The quantitative estimate of drug-likeness (QED) is 0.524. The number of nitrogens with zero attached hydrogens (tertiary/aromatic N) is 1. The monoisotopic (exact) mass is 455 g/mol. The van der Waals surface area contributed by atoms with E-state index in [1.54, 1.807) is 13.8 Å². The first kappa shape index (κ1) is 22.1. The van der Waals surface area contributed by atoms with Crippen LogP contribution in [0.3, 0.4) is 0 Å². The average Bonchev–Trinajstić information content (AvgIpc) is 2.93. The van der Waals surface area contributed by atoms with E-state index >= 15 is 0 Å². The predicted octanol–water partition coefficient (Wildman–Crippen LogP) is 5.75. The van der Waals surface area contributed by atoms with Crippen molar-refractivity contribution in [3.8, 4) is 5.75 Å². The molecule has 1 atom stereocenters. The number of carbonyl (C=O) groups excluding carboxylic acids is 1. The number of aliphatic carboxylic acids is 1. The van der Waals surface area contributed by atoms with Gasteiger partial charge in [-0.2, -0.15) is 0 Å². The third-order valence-electron chi connectivity index (χ3n) is 5.02. The fourth-order valence-electron chi connectivity index (χ4n) is 3.65. The molecule has 0 saturated carbocycles. The minimum absolute atomic E-state index is 0.00582. The van der Waals surface area contributed by atoms with Gasteiger partial charge in [-0.1, -0.05) is 37.0 Å². The summed E-state index contributed by atoms with van der Waals surface area (Å²) < 4.78 is 30.1. The minimum Gasteiger partial charge on any atom is -0.503 e. The fourth-order valence-corrected chi connectivity index (χ4v) is 3.95. The van der Waals surface area contributed by atoms with Gasteiger partial charge in [0.25, 0.3) is 5.91 Å². The lowest BCUT2D eigenvalue weighted by molar-refractivity contribution is -0.139. The number of hydrogen-bond donors (Lipinski definition) is 2. The summed E-state index contributed by atoms with van der Waals surface area (Å²) >= 11 is 11.9. The Morgan fingerprint density at radius 3 is 2.27 bits per heavy atom. The first-order valence-electron chi connectivity index (χ1n) is 8.91. The number of aromatic nitrogens is 1. The molecular formula is C21H17Cl2F2NO4. The number of phenolic OH excluding ortho intramolecular Hbond substituents is 1. The normalized spacial score (nSPS) is 12.5. The number of carboxylic acids is 1. The molecule has 1 heterocycles. The molecule has 0 aliphatic rings. The van der Waals surface area contributed by atoms with Crippen molar-refractivity contribution >= 4 is 46.0 Å². The van der Waals surface area contributed by atoms with E-state index in [1.807, 2.05) is 0 Å².